The molecule has 0 N–H and O–H groups in total. The van der Waals surface area contributed by atoms with Gasteiger partial charge < -0.3 is 4.90 Å². The van der Waals surface area contributed by atoms with Crippen LogP contribution < -0.4 is 4.90 Å². The molecule has 34 heavy (non-hydrogen) atoms. The molecule has 182 valence electrons. The van der Waals surface area contributed by atoms with Crippen LogP contribution in [0.1, 0.15) is 24.0 Å². The van der Waals surface area contributed by atoms with Gasteiger partial charge in [0.05, 0.1) is 15.1 Å². The average Bonchev–Trinajstić information content (AvgIpc) is 3.45. The molecule has 10 heteroatoms. The van der Waals surface area contributed by atoms with Gasteiger partial charge in [0.15, 0.2) is 5.13 Å². The SMILES string of the molecule is Cc1ccc(C)c2sc(N(CCN(C)C)C(=O)C3CCCN3S(=O)(=O)c3ccc(Cl)cc3)nc12. The van der Waals surface area contributed by atoms with E-state index in [0.717, 1.165) is 21.3 Å². The van der Waals surface area contributed by atoms with E-state index < -0.39 is 16.1 Å². The number of hydrogen-bond donors (Lipinski definition) is 0. The van der Waals surface area contributed by atoms with Crippen molar-refractivity contribution in [1.29, 1.82) is 0 Å². The number of benzene rings is 2. The number of nitrogens with zero attached hydrogens (tertiary/aromatic N) is 4. The van der Waals surface area contributed by atoms with Gasteiger partial charge in [-0.25, -0.2) is 13.4 Å². The second kappa shape index (κ2) is 9.91. The number of aromatic nitrogens is 1. The molecule has 1 unspecified atom stereocenters. The van der Waals surface area contributed by atoms with Gasteiger partial charge in [0.2, 0.25) is 15.9 Å². The van der Waals surface area contributed by atoms with E-state index in [1.54, 1.807) is 17.0 Å². The maximum atomic E-state index is 13.9. The number of anilines is 1. The Bertz CT molecular complexity index is 1270. The first-order chi connectivity index (χ1) is 16.1. The molecular weight excluding hydrogens is 492 g/mol. The van der Waals surface area contributed by atoms with Crippen molar-refractivity contribution in [3.05, 3.63) is 52.5 Å². The maximum Gasteiger partial charge on any atom is 0.247 e. The summed E-state index contributed by atoms with van der Waals surface area (Å²) in [6.07, 6.45) is 1.11. The standard InChI is InChI=1S/C24H29ClN4O3S2/c1-16-7-8-17(2)22-21(16)26-24(33-22)28(15-14-27(3)4)23(30)20-6-5-13-29(20)34(31,32)19-11-9-18(25)10-12-19/h7-12,20H,5-6,13-15H2,1-4H3. The molecule has 2 aromatic carbocycles. The number of hydrogen-bond acceptors (Lipinski definition) is 6. The largest absolute Gasteiger partial charge is 0.308 e. The number of sulfonamides is 1. The molecule has 1 aromatic heterocycles. The van der Waals surface area contributed by atoms with E-state index in [9.17, 15) is 13.2 Å². The lowest BCUT2D eigenvalue weighted by atomic mass is 10.1. The number of thiazole rings is 1. The van der Waals surface area contributed by atoms with Gasteiger partial charge in [-0.05, 0) is 76.2 Å². The van der Waals surface area contributed by atoms with Crippen molar-refractivity contribution in [3.63, 3.8) is 0 Å². The van der Waals surface area contributed by atoms with E-state index in [4.69, 9.17) is 16.6 Å². The molecule has 7 nitrogen and oxygen atoms in total. The predicted octanol–water partition coefficient (Wildman–Crippen LogP) is 4.31. The molecule has 1 atom stereocenters. The van der Waals surface area contributed by atoms with E-state index in [0.29, 0.717) is 42.6 Å². The molecule has 4 rings (SSSR count). The monoisotopic (exact) mass is 520 g/mol. The number of halogens is 1. The van der Waals surface area contributed by atoms with Crippen LogP contribution in [0.2, 0.25) is 5.02 Å². The summed E-state index contributed by atoms with van der Waals surface area (Å²) in [5.74, 6) is -0.230. The van der Waals surface area contributed by atoms with Crippen LogP contribution in [-0.4, -0.2) is 68.3 Å². The molecule has 2 heterocycles. The lowest BCUT2D eigenvalue weighted by Crippen LogP contribution is -2.49. The van der Waals surface area contributed by atoms with Crippen molar-refractivity contribution in [2.75, 3.05) is 38.6 Å². The first-order valence-corrected chi connectivity index (χ1v) is 13.8. The van der Waals surface area contributed by atoms with Crippen LogP contribution in [0.4, 0.5) is 5.13 Å². The molecule has 1 aliphatic rings. The highest BCUT2D eigenvalue weighted by Gasteiger charge is 2.42. The lowest BCUT2D eigenvalue weighted by Gasteiger charge is -2.29. The minimum atomic E-state index is -3.83. The van der Waals surface area contributed by atoms with Gasteiger partial charge in [-0.15, -0.1) is 0 Å². The van der Waals surface area contributed by atoms with Gasteiger partial charge in [0, 0.05) is 24.7 Å². The highest BCUT2D eigenvalue weighted by Crippen LogP contribution is 2.35. The van der Waals surface area contributed by atoms with E-state index in [1.165, 1.54) is 27.8 Å². The Morgan fingerprint density at radius 1 is 1.12 bits per heavy atom. The van der Waals surface area contributed by atoms with E-state index >= 15 is 0 Å². The number of aryl methyl sites for hydroxylation is 2. The number of fused-ring (bicyclic) bond motifs is 1. The topological polar surface area (TPSA) is 73.8 Å². The summed E-state index contributed by atoms with van der Waals surface area (Å²) in [6.45, 7) is 5.41. The summed E-state index contributed by atoms with van der Waals surface area (Å²) in [5, 5.41) is 1.07. The zero-order chi connectivity index (χ0) is 24.6. The molecular formula is C24H29ClN4O3S2. The molecule has 0 radical (unpaired) electrons. The third kappa shape index (κ3) is 4.85. The third-order valence-corrected chi connectivity index (χ3v) is 9.50. The second-order valence-electron chi connectivity index (χ2n) is 8.89. The minimum absolute atomic E-state index is 0.141. The van der Waals surface area contributed by atoms with E-state index in [1.807, 2.05) is 38.9 Å². The van der Waals surface area contributed by atoms with Gasteiger partial charge in [0.25, 0.3) is 0 Å². The zero-order valence-electron chi connectivity index (χ0n) is 19.8. The van der Waals surface area contributed by atoms with Gasteiger partial charge in [0.1, 0.15) is 6.04 Å². The second-order valence-corrected chi connectivity index (χ2v) is 12.2. The molecule has 0 aliphatic carbocycles. The fraction of sp³-hybridized carbons (Fsp3) is 0.417. The maximum absolute atomic E-state index is 13.9. The Hall–Kier alpha value is -2.04. The summed E-state index contributed by atoms with van der Waals surface area (Å²) in [6, 6.07) is 9.40. The zero-order valence-corrected chi connectivity index (χ0v) is 22.2. The molecule has 0 bridgehead atoms. The number of carbonyl (C=O) groups is 1. The quantitative estimate of drug-likeness (QED) is 0.464. The van der Waals surface area contributed by atoms with Crippen molar-refractivity contribution < 1.29 is 13.2 Å². The first-order valence-electron chi connectivity index (χ1n) is 11.2. The van der Waals surface area contributed by atoms with E-state index in [-0.39, 0.29) is 10.8 Å². The summed E-state index contributed by atoms with van der Waals surface area (Å²) in [7, 11) is 0.0583. The van der Waals surface area contributed by atoms with E-state index in [2.05, 4.69) is 6.07 Å². The predicted molar refractivity (Wildman–Crippen MR) is 138 cm³/mol. The van der Waals surface area contributed by atoms with Crippen LogP contribution in [0.25, 0.3) is 10.2 Å². The molecule has 1 saturated heterocycles. The smallest absolute Gasteiger partial charge is 0.247 e. The molecule has 1 aliphatic heterocycles. The Morgan fingerprint density at radius 3 is 2.44 bits per heavy atom. The number of carbonyl (C=O) groups excluding carboxylic acids is 1. The molecule has 3 aromatic rings. The Morgan fingerprint density at radius 2 is 1.79 bits per heavy atom. The van der Waals surface area contributed by atoms with Crippen LogP contribution in [0.5, 0.6) is 0 Å². The van der Waals surface area contributed by atoms with Crippen molar-refractivity contribution in [1.82, 2.24) is 14.2 Å². The highest BCUT2D eigenvalue weighted by atomic mass is 35.5. The lowest BCUT2D eigenvalue weighted by molar-refractivity contribution is -0.121. The van der Waals surface area contributed by atoms with Crippen molar-refractivity contribution >= 4 is 54.2 Å². The van der Waals surface area contributed by atoms with Crippen molar-refractivity contribution in [2.24, 2.45) is 0 Å². The number of likely N-dealkylation sites (N-methyl/N-ethyl adjacent to an activating group) is 1. The van der Waals surface area contributed by atoms with Crippen LogP contribution in [0.15, 0.2) is 41.3 Å². The summed E-state index contributed by atoms with van der Waals surface area (Å²) in [4.78, 5) is 22.5. The molecule has 1 fully saturated rings. The number of amides is 1. The van der Waals surface area contributed by atoms with Crippen LogP contribution in [0.3, 0.4) is 0 Å². The average molecular weight is 521 g/mol. The fourth-order valence-corrected chi connectivity index (χ4v) is 7.08. The minimum Gasteiger partial charge on any atom is -0.308 e. The summed E-state index contributed by atoms with van der Waals surface area (Å²) in [5.41, 5.74) is 3.05. The third-order valence-electron chi connectivity index (χ3n) is 6.11. The number of rotatable bonds is 7. The molecule has 0 saturated carbocycles. The van der Waals surface area contributed by atoms with Crippen molar-refractivity contribution in [3.8, 4) is 0 Å². The van der Waals surface area contributed by atoms with Gasteiger partial charge in [-0.3, -0.25) is 9.69 Å². The Balaban J connectivity index is 1.70. The van der Waals surface area contributed by atoms with Gasteiger partial charge >= 0.3 is 0 Å². The molecule has 0 spiro atoms. The van der Waals surface area contributed by atoms with Crippen LogP contribution >= 0.6 is 22.9 Å². The normalized spacial score (nSPS) is 17.1. The Labute approximate surface area is 210 Å². The fourth-order valence-electron chi connectivity index (χ4n) is 4.16. The van der Waals surface area contributed by atoms with Crippen LogP contribution in [-0.2, 0) is 14.8 Å². The van der Waals surface area contributed by atoms with Crippen molar-refractivity contribution in [2.45, 2.75) is 37.6 Å². The van der Waals surface area contributed by atoms with Gasteiger partial charge in [-0.2, -0.15) is 4.31 Å². The van der Waals surface area contributed by atoms with Crippen LogP contribution in [0, 0.1) is 13.8 Å². The highest BCUT2D eigenvalue weighted by molar-refractivity contribution is 7.89. The Kier molecular flexibility index (Phi) is 7.30. The summed E-state index contributed by atoms with van der Waals surface area (Å²) < 4.78 is 29.2. The molecule has 1 amide bonds. The van der Waals surface area contributed by atoms with Gasteiger partial charge in [-0.1, -0.05) is 35.1 Å². The first kappa shape index (κ1) is 25.1. The summed E-state index contributed by atoms with van der Waals surface area (Å²) >= 11 is 7.43.